The number of rotatable bonds is 8. The number of methoxy groups -OCH3 is 1. The van der Waals surface area contributed by atoms with Gasteiger partial charge in [0.1, 0.15) is 6.10 Å². The van der Waals surface area contributed by atoms with Crippen molar-refractivity contribution < 1.29 is 14.2 Å². The summed E-state index contributed by atoms with van der Waals surface area (Å²) in [7, 11) is 3.48. The largest absolute Gasteiger partial charge is 0.493 e. The van der Waals surface area contributed by atoms with Gasteiger partial charge in [-0.25, -0.2) is 0 Å². The van der Waals surface area contributed by atoms with Crippen molar-refractivity contribution in [2.75, 3.05) is 47.0 Å². The Balaban J connectivity index is 0.00000338. The van der Waals surface area contributed by atoms with E-state index in [0.29, 0.717) is 12.5 Å². The molecule has 1 aromatic rings. The molecule has 0 bridgehead atoms. The van der Waals surface area contributed by atoms with Crippen LogP contribution in [0.4, 0.5) is 0 Å². The zero-order valence-corrected chi connectivity index (χ0v) is 18.6. The number of hydrogen-bond acceptors (Lipinski definition) is 4. The topological polar surface area (TPSA) is 55.3 Å². The van der Waals surface area contributed by atoms with Crippen LogP contribution >= 0.6 is 24.0 Å². The van der Waals surface area contributed by atoms with Crippen molar-refractivity contribution in [1.82, 2.24) is 10.2 Å². The third-order valence-electron chi connectivity index (χ3n) is 4.30. The third kappa shape index (κ3) is 6.83. The molecule has 1 aliphatic heterocycles. The third-order valence-corrected chi connectivity index (χ3v) is 4.30. The highest BCUT2D eigenvalue weighted by atomic mass is 127. The van der Waals surface area contributed by atoms with E-state index >= 15 is 0 Å². The Hall–Kier alpha value is -1.22. The lowest BCUT2D eigenvalue weighted by Gasteiger charge is -2.24. The molecule has 148 valence electrons. The first-order chi connectivity index (χ1) is 12.2. The van der Waals surface area contributed by atoms with Crippen LogP contribution < -0.4 is 14.8 Å². The van der Waals surface area contributed by atoms with Crippen molar-refractivity contribution in [3.8, 4) is 11.5 Å². The van der Waals surface area contributed by atoms with Crippen molar-refractivity contribution >= 4 is 29.9 Å². The van der Waals surface area contributed by atoms with Crippen LogP contribution in [0.15, 0.2) is 29.3 Å². The molecular formula is C19H32IN3O3. The molecule has 0 saturated carbocycles. The van der Waals surface area contributed by atoms with E-state index in [1.807, 2.05) is 45.2 Å². The van der Waals surface area contributed by atoms with Gasteiger partial charge in [-0.3, -0.25) is 4.99 Å². The number of guanidine groups is 1. The van der Waals surface area contributed by atoms with Crippen LogP contribution in [0.5, 0.6) is 11.5 Å². The maximum absolute atomic E-state index is 5.99. The van der Waals surface area contributed by atoms with Crippen LogP contribution in [0.1, 0.15) is 20.3 Å². The highest BCUT2D eigenvalue weighted by molar-refractivity contribution is 14.0. The van der Waals surface area contributed by atoms with E-state index in [9.17, 15) is 0 Å². The van der Waals surface area contributed by atoms with Gasteiger partial charge in [-0.15, -0.1) is 24.0 Å². The number of nitrogens with zero attached hydrogens (tertiary/aromatic N) is 2. The van der Waals surface area contributed by atoms with E-state index in [-0.39, 0.29) is 30.1 Å². The first-order valence-electron chi connectivity index (χ1n) is 9.00. The summed E-state index contributed by atoms with van der Waals surface area (Å²) in [5, 5.41) is 3.41. The lowest BCUT2D eigenvalue weighted by Crippen LogP contribution is -2.43. The SMILES string of the molecule is CCOCC1CCN(C(=NC)NCC(C)Oc2ccccc2OC)C1.I. The van der Waals surface area contributed by atoms with Gasteiger partial charge in [0.15, 0.2) is 17.5 Å². The number of hydrogen-bond donors (Lipinski definition) is 1. The number of ether oxygens (including phenoxy) is 3. The fraction of sp³-hybridized carbons (Fsp3) is 0.632. The van der Waals surface area contributed by atoms with Crippen LogP contribution in [0, 0.1) is 5.92 Å². The maximum atomic E-state index is 5.99. The van der Waals surface area contributed by atoms with Crippen LogP contribution in [-0.2, 0) is 4.74 Å². The molecule has 1 aromatic carbocycles. The summed E-state index contributed by atoms with van der Waals surface area (Å²) in [6, 6.07) is 7.70. The van der Waals surface area contributed by atoms with Crippen molar-refractivity contribution in [3.63, 3.8) is 0 Å². The lowest BCUT2D eigenvalue weighted by molar-refractivity contribution is 0.114. The fourth-order valence-corrected chi connectivity index (χ4v) is 2.99. The first-order valence-corrected chi connectivity index (χ1v) is 9.00. The van der Waals surface area contributed by atoms with Gasteiger partial charge in [0, 0.05) is 32.7 Å². The number of halogens is 1. The van der Waals surface area contributed by atoms with Gasteiger partial charge < -0.3 is 24.4 Å². The molecule has 26 heavy (non-hydrogen) atoms. The Morgan fingerprint density at radius 3 is 2.73 bits per heavy atom. The number of likely N-dealkylation sites (tertiary alicyclic amines) is 1. The van der Waals surface area contributed by atoms with E-state index < -0.39 is 0 Å². The van der Waals surface area contributed by atoms with Gasteiger partial charge in [0.05, 0.1) is 20.3 Å². The van der Waals surface area contributed by atoms with Gasteiger partial charge in [-0.1, -0.05) is 12.1 Å². The summed E-state index contributed by atoms with van der Waals surface area (Å²) in [6.45, 7) is 8.36. The smallest absolute Gasteiger partial charge is 0.193 e. The van der Waals surface area contributed by atoms with Gasteiger partial charge >= 0.3 is 0 Å². The predicted molar refractivity (Wildman–Crippen MR) is 116 cm³/mol. The van der Waals surface area contributed by atoms with Crippen molar-refractivity contribution in [1.29, 1.82) is 0 Å². The molecule has 0 aromatic heterocycles. The standard InChI is InChI=1S/C19H31N3O3.HI/c1-5-24-14-16-10-11-22(13-16)19(20-3)21-12-15(2)25-18-9-7-6-8-17(18)23-4;/h6-9,15-16H,5,10-14H2,1-4H3,(H,20,21);1H. The zero-order chi connectivity index (χ0) is 18.1. The van der Waals surface area contributed by atoms with Gasteiger partial charge in [0.2, 0.25) is 0 Å². The van der Waals surface area contributed by atoms with Gasteiger partial charge in [-0.2, -0.15) is 0 Å². The number of benzene rings is 1. The summed E-state index contributed by atoms with van der Waals surface area (Å²) < 4.78 is 16.9. The molecule has 0 aliphatic carbocycles. The molecular weight excluding hydrogens is 445 g/mol. The minimum Gasteiger partial charge on any atom is -0.493 e. The molecule has 1 N–H and O–H groups in total. The molecule has 0 spiro atoms. The van der Waals surface area contributed by atoms with Crippen LogP contribution in [0.2, 0.25) is 0 Å². The summed E-state index contributed by atoms with van der Waals surface area (Å²) >= 11 is 0. The minimum atomic E-state index is -0.00475. The molecule has 1 heterocycles. The van der Waals surface area contributed by atoms with Gasteiger partial charge in [-0.05, 0) is 32.4 Å². The van der Waals surface area contributed by atoms with Crippen LogP contribution in [-0.4, -0.2) is 64.0 Å². The molecule has 2 unspecified atom stereocenters. The average Bonchev–Trinajstić information content (AvgIpc) is 3.09. The lowest BCUT2D eigenvalue weighted by atomic mass is 10.1. The Morgan fingerprint density at radius 1 is 1.35 bits per heavy atom. The van der Waals surface area contributed by atoms with E-state index in [4.69, 9.17) is 14.2 Å². The molecule has 2 atom stereocenters. The molecule has 2 rings (SSSR count). The number of nitrogens with one attached hydrogen (secondary N) is 1. The molecule has 1 fully saturated rings. The first kappa shape index (κ1) is 22.8. The highest BCUT2D eigenvalue weighted by Gasteiger charge is 2.25. The zero-order valence-electron chi connectivity index (χ0n) is 16.2. The second-order valence-corrected chi connectivity index (χ2v) is 6.27. The Labute approximate surface area is 174 Å². The van der Waals surface area contributed by atoms with E-state index in [0.717, 1.165) is 50.2 Å². The molecule has 1 aliphatic rings. The highest BCUT2D eigenvalue weighted by Crippen LogP contribution is 2.26. The average molecular weight is 477 g/mol. The summed E-state index contributed by atoms with van der Waals surface area (Å²) in [5.41, 5.74) is 0. The monoisotopic (exact) mass is 477 g/mol. The van der Waals surface area contributed by atoms with E-state index in [1.165, 1.54) is 0 Å². The predicted octanol–water partition coefficient (Wildman–Crippen LogP) is 3.01. The number of aliphatic imine (C=N–C) groups is 1. The molecule has 1 saturated heterocycles. The molecule has 0 radical (unpaired) electrons. The Bertz CT molecular complexity index is 557. The van der Waals surface area contributed by atoms with E-state index in [1.54, 1.807) is 7.11 Å². The second kappa shape index (κ2) is 12.2. The minimum absolute atomic E-state index is 0. The summed E-state index contributed by atoms with van der Waals surface area (Å²) in [5.74, 6) is 3.01. The summed E-state index contributed by atoms with van der Waals surface area (Å²) in [6.07, 6.45) is 1.14. The molecule has 7 heteroatoms. The van der Waals surface area contributed by atoms with E-state index in [2.05, 4.69) is 15.2 Å². The van der Waals surface area contributed by atoms with Crippen molar-refractivity contribution in [2.45, 2.75) is 26.4 Å². The number of para-hydroxylation sites is 2. The van der Waals surface area contributed by atoms with Crippen molar-refractivity contribution in [3.05, 3.63) is 24.3 Å². The quantitative estimate of drug-likeness (QED) is 0.355. The Morgan fingerprint density at radius 2 is 2.08 bits per heavy atom. The Kier molecular flexibility index (Phi) is 10.7. The fourth-order valence-electron chi connectivity index (χ4n) is 2.99. The molecule has 6 nitrogen and oxygen atoms in total. The van der Waals surface area contributed by atoms with Crippen LogP contribution in [0.3, 0.4) is 0 Å². The maximum Gasteiger partial charge on any atom is 0.193 e. The van der Waals surface area contributed by atoms with Crippen molar-refractivity contribution in [2.24, 2.45) is 10.9 Å². The normalized spacial score (nSPS) is 18.2. The van der Waals surface area contributed by atoms with Gasteiger partial charge in [0.25, 0.3) is 0 Å². The second-order valence-electron chi connectivity index (χ2n) is 6.27. The van der Waals surface area contributed by atoms with Crippen LogP contribution in [0.25, 0.3) is 0 Å². The molecule has 0 amide bonds. The summed E-state index contributed by atoms with van der Waals surface area (Å²) in [4.78, 5) is 6.70.